The molecule has 0 amide bonds. The first kappa shape index (κ1) is 10.2. The van der Waals surface area contributed by atoms with Gasteiger partial charge in [0.25, 0.3) is 0 Å². The SMILES string of the molecule is c1ccc2cc3c(cc2c1)-c1cccc2ccnc-3c12. The molecule has 0 atom stereocenters. The van der Waals surface area contributed by atoms with Crippen molar-refractivity contribution < 1.29 is 0 Å². The first-order chi connectivity index (χ1) is 9.92. The van der Waals surface area contributed by atoms with E-state index in [-0.39, 0.29) is 0 Å². The van der Waals surface area contributed by atoms with Crippen LogP contribution in [0.1, 0.15) is 0 Å². The zero-order valence-corrected chi connectivity index (χ0v) is 10.8. The summed E-state index contributed by atoms with van der Waals surface area (Å²) >= 11 is 0. The maximum Gasteiger partial charge on any atom is 0.0792 e. The summed E-state index contributed by atoms with van der Waals surface area (Å²) in [5.74, 6) is 0. The van der Waals surface area contributed by atoms with E-state index in [1.54, 1.807) is 0 Å². The highest BCUT2D eigenvalue weighted by molar-refractivity contribution is 6.15. The van der Waals surface area contributed by atoms with E-state index in [2.05, 4.69) is 65.6 Å². The van der Waals surface area contributed by atoms with Gasteiger partial charge in [0, 0.05) is 17.1 Å². The highest BCUT2D eigenvalue weighted by atomic mass is 14.7. The van der Waals surface area contributed by atoms with Crippen molar-refractivity contribution in [3.8, 4) is 22.4 Å². The largest absolute Gasteiger partial charge is 0.256 e. The molecule has 0 bridgehead atoms. The number of nitrogens with zero attached hydrogens (tertiary/aromatic N) is 1. The lowest BCUT2D eigenvalue weighted by atomic mass is 10.00. The van der Waals surface area contributed by atoms with Gasteiger partial charge in [-0.1, -0.05) is 42.5 Å². The van der Waals surface area contributed by atoms with Crippen molar-refractivity contribution in [3.05, 3.63) is 66.9 Å². The van der Waals surface area contributed by atoms with Crippen molar-refractivity contribution in [2.75, 3.05) is 0 Å². The van der Waals surface area contributed by atoms with E-state index >= 15 is 0 Å². The van der Waals surface area contributed by atoms with E-state index in [0.29, 0.717) is 0 Å². The molecule has 5 rings (SSSR count). The molecule has 0 aliphatic heterocycles. The van der Waals surface area contributed by atoms with Crippen molar-refractivity contribution in [1.82, 2.24) is 4.98 Å². The lowest BCUT2D eigenvalue weighted by molar-refractivity contribution is 1.37. The lowest BCUT2D eigenvalue weighted by Crippen LogP contribution is -1.81. The Labute approximate surface area is 116 Å². The summed E-state index contributed by atoms with van der Waals surface area (Å²) in [4.78, 5) is 4.63. The van der Waals surface area contributed by atoms with E-state index in [1.807, 2.05) is 6.20 Å². The van der Waals surface area contributed by atoms with Crippen LogP contribution < -0.4 is 0 Å². The van der Waals surface area contributed by atoms with Crippen LogP contribution in [0.15, 0.2) is 66.9 Å². The van der Waals surface area contributed by atoms with Crippen LogP contribution in [0.4, 0.5) is 0 Å². The minimum Gasteiger partial charge on any atom is -0.256 e. The molecule has 1 heterocycles. The molecule has 0 saturated carbocycles. The molecule has 0 fully saturated rings. The van der Waals surface area contributed by atoms with Crippen molar-refractivity contribution in [1.29, 1.82) is 0 Å². The fourth-order valence-corrected chi connectivity index (χ4v) is 3.32. The van der Waals surface area contributed by atoms with Crippen LogP contribution >= 0.6 is 0 Å². The predicted molar refractivity (Wildman–Crippen MR) is 83.7 cm³/mol. The topological polar surface area (TPSA) is 12.9 Å². The van der Waals surface area contributed by atoms with Gasteiger partial charge in [0.15, 0.2) is 0 Å². The molecule has 3 aromatic carbocycles. The van der Waals surface area contributed by atoms with Crippen molar-refractivity contribution in [2.24, 2.45) is 0 Å². The minimum atomic E-state index is 1.12. The zero-order chi connectivity index (χ0) is 13.1. The zero-order valence-electron chi connectivity index (χ0n) is 10.8. The molecule has 0 saturated heterocycles. The Morgan fingerprint density at radius 1 is 0.600 bits per heavy atom. The van der Waals surface area contributed by atoms with Gasteiger partial charge in [-0.15, -0.1) is 0 Å². The van der Waals surface area contributed by atoms with E-state index in [0.717, 1.165) is 5.69 Å². The summed E-state index contributed by atoms with van der Waals surface area (Å²) in [6, 6.07) is 21.7. The monoisotopic (exact) mass is 253 g/mol. The van der Waals surface area contributed by atoms with Gasteiger partial charge in [0.1, 0.15) is 0 Å². The molecule has 1 aliphatic carbocycles. The van der Waals surface area contributed by atoms with Gasteiger partial charge in [-0.25, -0.2) is 0 Å². The molecule has 4 aromatic rings. The molecule has 0 unspecified atom stereocenters. The minimum absolute atomic E-state index is 1.12. The van der Waals surface area contributed by atoms with Crippen LogP contribution in [-0.2, 0) is 0 Å². The average Bonchev–Trinajstić information content (AvgIpc) is 2.82. The molecular formula is C19H11N. The third-order valence-electron chi connectivity index (χ3n) is 4.22. The second kappa shape index (κ2) is 3.45. The van der Waals surface area contributed by atoms with Crippen molar-refractivity contribution in [3.63, 3.8) is 0 Å². The Morgan fingerprint density at radius 2 is 1.35 bits per heavy atom. The first-order valence-corrected chi connectivity index (χ1v) is 6.83. The van der Waals surface area contributed by atoms with Crippen LogP contribution in [0.25, 0.3) is 43.9 Å². The summed E-state index contributed by atoms with van der Waals surface area (Å²) < 4.78 is 0. The van der Waals surface area contributed by atoms with Gasteiger partial charge >= 0.3 is 0 Å². The highest BCUT2D eigenvalue weighted by Crippen LogP contribution is 2.47. The molecule has 1 nitrogen and oxygen atoms in total. The number of rotatable bonds is 0. The first-order valence-electron chi connectivity index (χ1n) is 6.83. The van der Waals surface area contributed by atoms with Crippen LogP contribution in [-0.4, -0.2) is 4.98 Å². The lowest BCUT2D eigenvalue weighted by Gasteiger charge is -2.04. The van der Waals surface area contributed by atoms with Crippen molar-refractivity contribution >= 4 is 21.5 Å². The van der Waals surface area contributed by atoms with Crippen LogP contribution in [0, 0.1) is 0 Å². The van der Waals surface area contributed by atoms with Crippen LogP contribution in [0.2, 0.25) is 0 Å². The quantitative estimate of drug-likeness (QED) is 0.377. The number of hydrogen-bond acceptors (Lipinski definition) is 1. The molecule has 0 radical (unpaired) electrons. The summed E-state index contributed by atoms with van der Waals surface area (Å²) in [6.07, 6.45) is 1.91. The van der Waals surface area contributed by atoms with E-state index in [1.165, 1.54) is 38.2 Å². The smallest absolute Gasteiger partial charge is 0.0792 e. The maximum atomic E-state index is 4.63. The summed E-state index contributed by atoms with van der Waals surface area (Å²) in [5.41, 5.74) is 5.00. The summed E-state index contributed by atoms with van der Waals surface area (Å²) in [6.45, 7) is 0. The molecule has 1 aromatic heterocycles. The number of fused-ring (bicyclic) bond motifs is 4. The standard InChI is InChI=1S/C19H11N/c1-2-5-14-11-17-16(10-13(14)4-1)15-7-3-6-12-8-9-20-19(17)18(12)15/h1-11H. The van der Waals surface area contributed by atoms with E-state index < -0.39 is 0 Å². The van der Waals surface area contributed by atoms with Gasteiger partial charge in [-0.2, -0.15) is 0 Å². The number of benzene rings is 3. The normalized spacial score (nSPS) is 12.0. The number of aromatic nitrogens is 1. The molecule has 0 spiro atoms. The molecule has 1 aliphatic rings. The third-order valence-corrected chi connectivity index (χ3v) is 4.22. The summed E-state index contributed by atoms with van der Waals surface area (Å²) in [7, 11) is 0. The molecule has 0 N–H and O–H groups in total. The van der Waals surface area contributed by atoms with E-state index in [4.69, 9.17) is 0 Å². The second-order valence-electron chi connectivity index (χ2n) is 5.31. The molecule has 1 heteroatoms. The maximum absolute atomic E-state index is 4.63. The number of pyridine rings is 1. The average molecular weight is 253 g/mol. The van der Waals surface area contributed by atoms with Gasteiger partial charge in [0.2, 0.25) is 0 Å². The Balaban J connectivity index is 2.02. The fraction of sp³-hybridized carbons (Fsp3) is 0. The number of hydrogen-bond donors (Lipinski definition) is 0. The van der Waals surface area contributed by atoms with Gasteiger partial charge in [0.05, 0.1) is 5.69 Å². The Hall–Kier alpha value is -2.67. The van der Waals surface area contributed by atoms with Gasteiger partial charge in [-0.05, 0) is 45.5 Å². The molecule has 20 heavy (non-hydrogen) atoms. The van der Waals surface area contributed by atoms with E-state index in [9.17, 15) is 0 Å². The van der Waals surface area contributed by atoms with Gasteiger partial charge in [-0.3, -0.25) is 4.98 Å². The molecule has 92 valence electrons. The third kappa shape index (κ3) is 1.15. The van der Waals surface area contributed by atoms with Gasteiger partial charge < -0.3 is 0 Å². The fourth-order valence-electron chi connectivity index (χ4n) is 3.32. The summed E-state index contributed by atoms with van der Waals surface area (Å²) in [5, 5.41) is 5.13. The van der Waals surface area contributed by atoms with Crippen LogP contribution in [0.5, 0.6) is 0 Å². The molecular weight excluding hydrogens is 242 g/mol. The Morgan fingerprint density at radius 3 is 2.20 bits per heavy atom. The van der Waals surface area contributed by atoms with Crippen molar-refractivity contribution in [2.45, 2.75) is 0 Å². The predicted octanol–water partition coefficient (Wildman–Crippen LogP) is 5.04. The van der Waals surface area contributed by atoms with Crippen LogP contribution in [0.3, 0.4) is 0 Å². The highest BCUT2D eigenvalue weighted by Gasteiger charge is 2.22. The second-order valence-corrected chi connectivity index (χ2v) is 5.31. The Bertz CT molecular complexity index is 922. The Kier molecular flexibility index (Phi) is 1.75.